The molecule has 37 heavy (non-hydrogen) atoms. The molecule has 2 N–H and O–H groups in total. The van der Waals surface area contributed by atoms with Crippen molar-refractivity contribution >= 4 is 21.6 Å². The van der Waals surface area contributed by atoms with Crippen molar-refractivity contribution in [3.63, 3.8) is 0 Å². The quantitative estimate of drug-likeness (QED) is 0.321. The number of carbonyl (C=O) groups excluding carboxylic acids is 1. The van der Waals surface area contributed by atoms with Gasteiger partial charge in [-0.25, -0.2) is 17.8 Å². The molecule has 0 bridgehead atoms. The van der Waals surface area contributed by atoms with Crippen molar-refractivity contribution in [2.24, 2.45) is 0 Å². The molecule has 0 saturated heterocycles. The molecule has 200 valence electrons. The van der Waals surface area contributed by atoms with E-state index >= 15 is 0 Å². The number of hydrogen-bond donors (Lipinski definition) is 2. The van der Waals surface area contributed by atoms with Gasteiger partial charge in [-0.3, -0.25) is 14.9 Å². The molecule has 0 aliphatic carbocycles. The molecule has 3 rings (SSSR count). The molecule has 13 heteroatoms. The first-order chi connectivity index (χ1) is 17.0. The minimum Gasteiger partial charge on any atom is -0.467 e. The summed E-state index contributed by atoms with van der Waals surface area (Å²) in [5.41, 5.74) is -1.50. The van der Waals surface area contributed by atoms with E-state index in [2.05, 4.69) is 15.1 Å². The number of rotatable bonds is 8. The third kappa shape index (κ3) is 6.54. The predicted molar refractivity (Wildman–Crippen MR) is 135 cm³/mol. The van der Waals surface area contributed by atoms with Crippen molar-refractivity contribution in [1.82, 2.24) is 19.8 Å². The molecule has 12 nitrogen and oxygen atoms in total. The third-order valence-corrected chi connectivity index (χ3v) is 6.78. The van der Waals surface area contributed by atoms with E-state index in [4.69, 9.17) is 9.15 Å². The minimum absolute atomic E-state index is 0.0793. The van der Waals surface area contributed by atoms with Crippen molar-refractivity contribution in [3.8, 4) is 11.6 Å². The summed E-state index contributed by atoms with van der Waals surface area (Å²) in [5, 5.41) is 18.6. The number of hydrogen-bond acceptors (Lipinski definition) is 8. The molecule has 1 amide bonds. The zero-order valence-corrected chi connectivity index (χ0v) is 22.6. The molecule has 2 heterocycles. The molecule has 1 aromatic carbocycles. The van der Waals surface area contributed by atoms with E-state index in [-0.39, 0.29) is 23.9 Å². The molecule has 0 fully saturated rings. The first-order valence-corrected chi connectivity index (χ1v) is 12.9. The van der Waals surface area contributed by atoms with Crippen molar-refractivity contribution in [2.75, 3.05) is 0 Å². The Morgan fingerprint density at radius 2 is 1.86 bits per heavy atom. The topological polar surface area (TPSA) is 159 Å². The van der Waals surface area contributed by atoms with E-state index in [1.54, 1.807) is 39.8 Å². The summed E-state index contributed by atoms with van der Waals surface area (Å²) in [4.78, 5) is 23.2. The van der Waals surface area contributed by atoms with Gasteiger partial charge in [-0.2, -0.15) is 5.10 Å². The molecule has 0 radical (unpaired) electrons. The van der Waals surface area contributed by atoms with E-state index in [0.717, 1.165) is 12.1 Å². The number of amides is 1. The van der Waals surface area contributed by atoms with Gasteiger partial charge in [-0.1, -0.05) is 0 Å². The van der Waals surface area contributed by atoms with Crippen LogP contribution in [0.1, 0.15) is 63.4 Å². The van der Waals surface area contributed by atoms with E-state index in [1.165, 1.54) is 17.0 Å². The number of carbonyl (C=O) groups is 1. The molecule has 0 atom stereocenters. The van der Waals surface area contributed by atoms with Gasteiger partial charge < -0.3 is 14.5 Å². The van der Waals surface area contributed by atoms with E-state index in [1.807, 2.05) is 20.8 Å². The molecule has 0 unspecified atom stereocenters. The molecule has 0 saturated carbocycles. The van der Waals surface area contributed by atoms with Gasteiger partial charge in [0, 0.05) is 23.2 Å². The second-order valence-electron chi connectivity index (χ2n) is 10.5. The van der Waals surface area contributed by atoms with Gasteiger partial charge in [0.25, 0.3) is 11.6 Å². The fourth-order valence-electron chi connectivity index (χ4n) is 3.40. The van der Waals surface area contributed by atoms with E-state index < -0.39 is 42.5 Å². The van der Waals surface area contributed by atoms with Crippen LogP contribution in [0.25, 0.3) is 0 Å². The Bertz CT molecular complexity index is 1410. The number of nitro benzene ring substituents is 1. The summed E-state index contributed by atoms with van der Waals surface area (Å²) in [5.74, 6) is 0.0487. The zero-order chi connectivity index (χ0) is 27.8. The lowest BCUT2D eigenvalue weighted by Crippen LogP contribution is -2.40. The SMILES string of the molecule is Cc1c(C(=O)NCc2ccco2)nn(C(C)(C)C)c1Oc1ccc([N+](=O)[O-])cc1S(=O)(=O)NC(C)(C)C. The van der Waals surface area contributed by atoms with Crippen LogP contribution in [0.5, 0.6) is 11.6 Å². The Balaban J connectivity index is 2.09. The molecule has 0 aliphatic heterocycles. The standard InChI is InChI=1S/C24H31N5O7S/c1-15-20(21(30)25-14-17-9-8-12-35-17)26-28(24(5,6)7)22(15)36-18-11-10-16(29(31)32)13-19(18)37(33,34)27-23(2,3)4/h8-13,27H,14H2,1-7H3,(H,25,30). The molecular formula is C24H31N5O7S. The molecular weight excluding hydrogens is 502 g/mol. The maximum atomic E-state index is 13.2. The molecule has 2 aromatic heterocycles. The van der Waals surface area contributed by atoms with Crippen LogP contribution in [0.15, 0.2) is 45.9 Å². The fraction of sp³-hybridized carbons (Fsp3) is 0.417. The Morgan fingerprint density at radius 1 is 1.19 bits per heavy atom. The van der Waals surface area contributed by atoms with Crippen LogP contribution in [-0.4, -0.2) is 34.6 Å². The highest BCUT2D eigenvalue weighted by atomic mass is 32.2. The Hall–Kier alpha value is -3.71. The number of aromatic nitrogens is 2. The lowest BCUT2D eigenvalue weighted by Gasteiger charge is -2.24. The van der Waals surface area contributed by atoms with Crippen LogP contribution in [-0.2, 0) is 22.1 Å². The van der Waals surface area contributed by atoms with Gasteiger partial charge in [0.1, 0.15) is 16.4 Å². The van der Waals surface area contributed by atoms with Crippen LogP contribution in [0.4, 0.5) is 5.69 Å². The van der Waals surface area contributed by atoms with Crippen molar-refractivity contribution < 1.29 is 27.3 Å². The summed E-state index contributed by atoms with van der Waals surface area (Å²) < 4.78 is 41.7. The van der Waals surface area contributed by atoms with Crippen molar-refractivity contribution in [1.29, 1.82) is 0 Å². The van der Waals surface area contributed by atoms with E-state index in [9.17, 15) is 23.3 Å². The second kappa shape index (κ2) is 9.98. The largest absolute Gasteiger partial charge is 0.467 e. The van der Waals surface area contributed by atoms with Gasteiger partial charge in [-0.15, -0.1) is 0 Å². The average molecular weight is 534 g/mol. The van der Waals surface area contributed by atoms with Crippen LogP contribution >= 0.6 is 0 Å². The number of sulfonamides is 1. The summed E-state index contributed by atoms with van der Waals surface area (Å²) in [7, 11) is -4.23. The predicted octanol–water partition coefficient (Wildman–Crippen LogP) is 4.25. The fourth-order valence-corrected chi connectivity index (χ4v) is 4.97. The zero-order valence-electron chi connectivity index (χ0n) is 21.8. The van der Waals surface area contributed by atoms with Crippen LogP contribution in [0.3, 0.4) is 0 Å². The number of nitrogens with zero attached hydrogens (tertiary/aromatic N) is 3. The summed E-state index contributed by atoms with van der Waals surface area (Å²) in [6, 6.07) is 6.73. The Kier molecular flexibility index (Phi) is 7.52. The first kappa shape index (κ1) is 27.9. The Morgan fingerprint density at radius 3 is 2.41 bits per heavy atom. The van der Waals surface area contributed by atoms with Crippen LogP contribution in [0.2, 0.25) is 0 Å². The summed E-state index contributed by atoms with van der Waals surface area (Å²) in [6.45, 7) is 12.2. The monoisotopic (exact) mass is 533 g/mol. The smallest absolute Gasteiger partial charge is 0.272 e. The number of non-ortho nitro benzene ring substituents is 1. The lowest BCUT2D eigenvalue weighted by atomic mass is 10.1. The van der Waals surface area contributed by atoms with Gasteiger partial charge in [-0.05, 0) is 66.7 Å². The average Bonchev–Trinajstić information content (AvgIpc) is 3.38. The normalized spacial score (nSPS) is 12.4. The molecule has 0 aliphatic rings. The van der Waals surface area contributed by atoms with Crippen molar-refractivity contribution in [3.05, 3.63) is 63.7 Å². The maximum absolute atomic E-state index is 13.2. The molecule has 0 spiro atoms. The number of ether oxygens (including phenoxy) is 1. The second-order valence-corrected chi connectivity index (χ2v) is 12.1. The van der Waals surface area contributed by atoms with Crippen molar-refractivity contribution in [2.45, 2.75) is 71.0 Å². The van der Waals surface area contributed by atoms with Gasteiger partial charge in [0.2, 0.25) is 15.9 Å². The van der Waals surface area contributed by atoms with E-state index in [0.29, 0.717) is 11.3 Å². The molecule has 3 aromatic rings. The first-order valence-electron chi connectivity index (χ1n) is 11.4. The lowest BCUT2D eigenvalue weighted by molar-refractivity contribution is -0.385. The van der Waals surface area contributed by atoms with Crippen LogP contribution in [0, 0.1) is 17.0 Å². The summed E-state index contributed by atoms with van der Waals surface area (Å²) >= 11 is 0. The highest BCUT2D eigenvalue weighted by Crippen LogP contribution is 2.37. The number of benzene rings is 1. The van der Waals surface area contributed by atoms with Gasteiger partial charge in [0.15, 0.2) is 5.69 Å². The Labute approximate surface area is 215 Å². The minimum atomic E-state index is -4.23. The summed E-state index contributed by atoms with van der Waals surface area (Å²) in [6.07, 6.45) is 1.50. The number of nitrogens with one attached hydrogen (secondary N) is 2. The third-order valence-electron chi connectivity index (χ3n) is 5.00. The maximum Gasteiger partial charge on any atom is 0.272 e. The van der Waals surface area contributed by atoms with Gasteiger partial charge in [0.05, 0.1) is 23.3 Å². The number of nitro groups is 1. The van der Waals surface area contributed by atoms with Crippen LogP contribution < -0.4 is 14.8 Å². The highest BCUT2D eigenvalue weighted by molar-refractivity contribution is 7.89. The number of furan rings is 1. The van der Waals surface area contributed by atoms with Gasteiger partial charge >= 0.3 is 0 Å². The highest BCUT2D eigenvalue weighted by Gasteiger charge is 2.32.